The number of rotatable bonds is 7. The highest BCUT2D eigenvalue weighted by Crippen LogP contribution is 2.24. The van der Waals surface area contributed by atoms with Gasteiger partial charge in [0, 0.05) is 18.9 Å². The van der Waals surface area contributed by atoms with Crippen molar-refractivity contribution in [2.75, 3.05) is 11.9 Å². The number of benzene rings is 1. The molecular formula is C18H26N4O3S2. The van der Waals surface area contributed by atoms with Gasteiger partial charge >= 0.3 is 0 Å². The van der Waals surface area contributed by atoms with Gasteiger partial charge < -0.3 is 5.32 Å². The van der Waals surface area contributed by atoms with Crippen LogP contribution in [0, 0.1) is 0 Å². The number of hydrogen-bond acceptors (Lipinski definition) is 6. The van der Waals surface area contributed by atoms with Crippen LogP contribution in [0.5, 0.6) is 0 Å². The first-order chi connectivity index (χ1) is 12.5. The molecule has 0 spiro atoms. The summed E-state index contributed by atoms with van der Waals surface area (Å²) in [5.74, 6) is -0.0723. The van der Waals surface area contributed by atoms with Gasteiger partial charge in [-0.05, 0) is 23.1 Å². The van der Waals surface area contributed by atoms with E-state index in [1.807, 2.05) is 26.0 Å². The van der Waals surface area contributed by atoms with Crippen LogP contribution in [0.3, 0.4) is 0 Å². The van der Waals surface area contributed by atoms with E-state index in [1.165, 1.54) is 11.3 Å². The van der Waals surface area contributed by atoms with E-state index in [4.69, 9.17) is 0 Å². The minimum Gasteiger partial charge on any atom is -0.300 e. The van der Waals surface area contributed by atoms with Gasteiger partial charge in [-0.15, -0.1) is 10.2 Å². The molecule has 0 bridgehead atoms. The Morgan fingerprint density at radius 2 is 1.78 bits per heavy atom. The largest absolute Gasteiger partial charge is 0.300 e. The zero-order chi connectivity index (χ0) is 20.2. The number of hydrogen-bond donors (Lipinski definition) is 2. The molecule has 0 saturated carbocycles. The Labute approximate surface area is 164 Å². The molecule has 148 valence electrons. The third-order valence-corrected chi connectivity index (χ3v) is 6.47. The summed E-state index contributed by atoms with van der Waals surface area (Å²) in [4.78, 5) is 12.1. The molecule has 0 aliphatic rings. The minimum absolute atomic E-state index is 0.00499. The Bertz CT molecular complexity index is 882. The van der Waals surface area contributed by atoms with Crippen LogP contribution in [0.4, 0.5) is 5.13 Å². The third-order valence-electron chi connectivity index (χ3n) is 3.86. The molecule has 0 saturated heterocycles. The number of nitrogens with one attached hydrogen (secondary N) is 2. The summed E-state index contributed by atoms with van der Waals surface area (Å²) in [6, 6.07) is 6.78. The lowest BCUT2D eigenvalue weighted by Crippen LogP contribution is -2.28. The van der Waals surface area contributed by atoms with Crippen molar-refractivity contribution < 1.29 is 13.2 Å². The van der Waals surface area contributed by atoms with Crippen LogP contribution in [-0.2, 0) is 20.2 Å². The fourth-order valence-electron chi connectivity index (χ4n) is 2.22. The quantitative estimate of drug-likeness (QED) is 0.729. The Kier molecular flexibility index (Phi) is 6.72. The molecule has 1 aromatic heterocycles. The number of amides is 1. The van der Waals surface area contributed by atoms with Crippen LogP contribution in [-0.4, -0.2) is 31.1 Å². The molecule has 2 N–H and O–H groups in total. The van der Waals surface area contributed by atoms with Crippen molar-refractivity contribution in [3.63, 3.8) is 0 Å². The second-order valence-corrected chi connectivity index (χ2v) is 10.3. The molecule has 7 nitrogen and oxygen atoms in total. The first-order valence-corrected chi connectivity index (χ1v) is 11.0. The van der Waals surface area contributed by atoms with E-state index in [1.54, 1.807) is 12.1 Å². The molecule has 0 aliphatic heterocycles. The Balaban J connectivity index is 1.88. The highest BCUT2D eigenvalue weighted by atomic mass is 32.2. The number of aromatic nitrogens is 2. The van der Waals surface area contributed by atoms with Gasteiger partial charge in [-0.2, -0.15) is 0 Å². The average molecular weight is 411 g/mol. The second-order valence-electron chi connectivity index (χ2n) is 7.57. The van der Waals surface area contributed by atoms with Crippen molar-refractivity contribution in [1.82, 2.24) is 14.9 Å². The van der Waals surface area contributed by atoms with Gasteiger partial charge in [-0.1, -0.05) is 58.1 Å². The van der Waals surface area contributed by atoms with E-state index in [0.717, 1.165) is 10.6 Å². The predicted molar refractivity (Wildman–Crippen MR) is 108 cm³/mol. The molecule has 0 radical (unpaired) electrons. The normalized spacial score (nSPS) is 12.4. The van der Waals surface area contributed by atoms with E-state index < -0.39 is 10.0 Å². The summed E-state index contributed by atoms with van der Waals surface area (Å²) in [6.07, 6.45) is 0.00982. The molecule has 9 heteroatoms. The maximum Gasteiger partial charge on any atom is 0.240 e. The molecule has 0 fully saturated rings. The second kappa shape index (κ2) is 8.45. The lowest BCUT2D eigenvalue weighted by atomic mass is 9.87. The van der Waals surface area contributed by atoms with Crippen molar-refractivity contribution in [3.05, 3.63) is 34.8 Å². The smallest absolute Gasteiger partial charge is 0.240 e. The summed E-state index contributed by atoms with van der Waals surface area (Å²) in [7, 11) is -3.65. The number of anilines is 1. The van der Waals surface area contributed by atoms with Crippen molar-refractivity contribution in [2.45, 2.75) is 57.3 Å². The van der Waals surface area contributed by atoms with Gasteiger partial charge in [-0.3, -0.25) is 4.79 Å². The van der Waals surface area contributed by atoms with Crippen LogP contribution in [0.25, 0.3) is 0 Å². The van der Waals surface area contributed by atoms with E-state index in [9.17, 15) is 13.2 Å². The molecule has 27 heavy (non-hydrogen) atoms. The van der Waals surface area contributed by atoms with Crippen LogP contribution in [0.15, 0.2) is 29.2 Å². The van der Waals surface area contributed by atoms with Crippen molar-refractivity contribution in [2.24, 2.45) is 0 Å². The fourth-order valence-corrected chi connectivity index (χ4v) is 4.01. The summed E-state index contributed by atoms with van der Waals surface area (Å²) in [5, 5.41) is 11.8. The van der Waals surface area contributed by atoms with Crippen LogP contribution < -0.4 is 10.0 Å². The lowest BCUT2D eigenvalue weighted by molar-refractivity contribution is -0.116. The molecular weight excluding hydrogens is 384 g/mol. The number of carbonyl (C=O) groups is 1. The minimum atomic E-state index is -3.65. The Morgan fingerprint density at radius 3 is 2.30 bits per heavy atom. The first kappa shape index (κ1) is 21.5. The third kappa shape index (κ3) is 6.08. The molecule has 0 aliphatic carbocycles. The van der Waals surface area contributed by atoms with Crippen molar-refractivity contribution in [3.8, 4) is 0 Å². The zero-order valence-electron chi connectivity index (χ0n) is 16.2. The molecule has 1 amide bonds. The predicted octanol–water partition coefficient (Wildman–Crippen LogP) is 3.27. The highest BCUT2D eigenvalue weighted by molar-refractivity contribution is 7.89. The summed E-state index contributed by atoms with van der Waals surface area (Å²) in [6.45, 7) is 10.2. The van der Waals surface area contributed by atoms with E-state index >= 15 is 0 Å². The Morgan fingerprint density at radius 1 is 1.15 bits per heavy atom. The molecule has 0 unspecified atom stereocenters. The highest BCUT2D eigenvalue weighted by Gasteiger charge is 2.18. The summed E-state index contributed by atoms with van der Waals surface area (Å²) in [5.41, 5.74) is 1.01. The Hall–Kier alpha value is -1.84. The van der Waals surface area contributed by atoms with Crippen LogP contribution >= 0.6 is 11.3 Å². The molecule has 1 aromatic carbocycles. The molecule has 1 heterocycles. The standard InChI is InChI=1S/C18H26N4O3S2/c1-12(2)16-21-22-17(26-16)20-15(23)10-11-19-27(24,25)14-8-6-13(7-9-14)18(3,4)5/h6-9,12,19H,10-11H2,1-5H3,(H,20,22,23). The van der Waals surface area contributed by atoms with Gasteiger partial charge in [-0.25, -0.2) is 13.1 Å². The van der Waals surface area contributed by atoms with Gasteiger partial charge in [0.15, 0.2) is 0 Å². The van der Waals surface area contributed by atoms with Gasteiger partial charge in [0.1, 0.15) is 5.01 Å². The van der Waals surface area contributed by atoms with Crippen molar-refractivity contribution in [1.29, 1.82) is 0 Å². The summed E-state index contributed by atoms with van der Waals surface area (Å²) < 4.78 is 27.1. The lowest BCUT2D eigenvalue weighted by Gasteiger charge is -2.19. The fraction of sp³-hybridized carbons (Fsp3) is 0.500. The number of nitrogens with zero attached hydrogens (tertiary/aromatic N) is 2. The summed E-state index contributed by atoms with van der Waals surface area (Å²) >= 11 is 1.32. The van der Waals surface area contributed by atoms with Crippen molar-refractivity contribution >= 4 is 32.4 Å². The van der Waals surface area contributed by atoms with E-state index in [2.05, 4.69) is 41.0 Å². The first-order valence-electron chi connectivity index (χ1n) is 8.72. The van der Waals surface area contributed by atoms with Gasteiger partial charge in [0.2, 0.25) is 21.1 Å². The average Bonchev–Trinajstić information content (AvgIpc) is 3.02. The molecule has 2 aromatic rings. The topological polar surface area (TPSA) is 101 Å². The monoisotopic (exact) mass is 410 g/mol. The maximum absolute atomic E-state index is 12.3. The van der Waals surface area contributed by atoms with E-state index in [0.29, 0.717) is 5.13 Å². The molecule has 0 atom stereocenters. The number of carbonyl (C=O) groups excluding carboxylic acids is 1. The van der Waals surface area contributed by atoms with Gasteiger partial charge in [0.05, 0.1) is 4.90 Å². The van der Waals surface area contributed by atoms with E-state index in [-0.39, 0.29) is 35.1 Å². The molecule has 2 rings (SSSR count). The maximum atomic E-state index is 12.3. The SMILES string of the molecule is CC(C)c1nnc(NC(=O)CCNS(=O)(=O)c2ccc(C(C)(C)C)cc2)s1. The zero-order valence-corrected chi connectivity index (χ0v) is 17.9. The van der Waals surface area contributed by atoms with Gasteiger partial charge in [0.25, 0.3) is 0 Å². The number of sulfonamides is 1. The van der Waals surface area contributed by atoms with Crippen LogP contribution in [0.2, 0.25) is 0 Å². The van der Waals surface area contributed by atoms with Crippen LogP contribution in [0.1, 0.15) is 57.5 Å².